The zero-order chi connectivity index (χ0) is 9.19. The van der Waals surface area contributed by atoms with E-state index in [1.54, 1.807) is 5.57 Å². The van der Waals surface area contributed by atoms with Gasteiger partial charge in [-0.15, -0.1) is 0 Å². The Morgan fingerprint density at radius 1 is 1.42 bits per heavy atom. The van der Waals surface area contributed by atoms with E-state index in [4.69, 9.17) is 0 Å². The fourth-order valence-electron chi connectivity index (χ4n) is 1.58. The molecule has 0 heterocycles. The first-order valence-electron chi connectivity index (χ1n) is 4.92. The molecule has 1 unspecified atom stereocenters. The molecule has 0 heteroatoms. The number of rotatable bonds is 1. The average molecular weight is 164 g/mol. The maximum absolute atomic E-state index is 2.33. The van der Waals surface area contributed by atoms with E-state index < -0.39 is 0 Å². The molecule has 1 rings (SSSR count). The molecule has 12 heavy (non-hydrogen) atoms. The summed E-state index contributed by atoms with van der Waals surface area (Å²) in [4.78, 5) is 0. The zero-order valence-corrected chi connectivity index (χ0v) is 8.72. The van der Waals surface area contributed by atoms with E-state index in [0.717, 1.165) is 5.92 Å². The van der Waals surface area contributed by atoms with Crippen LogP contribution in [0.4, 0.5) is 0 Å². The molecule has 1 atom stereocenters. The number of hydrogen-bond donors (Lipinski definition) is 0. The van der Waals surface area contributed by atoms with Crippen LogP contribution in [0.25, 0.3) is 0 Å². The molecule has 0 aromatic rings. The van der Waals surface area contributed by atoms with E-state index in [1.165, 1.54) is 12.8 Å². The third kappa shape index (κ3) is 2.23. The van der Waals surface area contributed by atoms with Gasteiger partial charge in [0.15, 0.2) is 0 Å². The molecule has 0 N–H and O–H groups in total. The van der Waals surface area contributed by atoms with Gasteiger partial charge in [-0.25, -0.2) is 0 Å². The van der Waals surface area contributed by atoms with Crippen molar-refractivity contribution < 1.29 is 0 Å². The molecule has 0 amide bonds. The van der Waals surface area contributed by atoms with Crippen LogP contribution in [0.15, 0.2) is 23.8 Å². The fourth-order valence-corrected chi connectivity index (χ4v) is 1.58. The lowest BCUT2D eigenvalue weighted by molar-refractivity contribution is 0.448. The molecule has 0 aromatic carbocycles. The van der Waals surface area contributed by atoms with Crippen LogP contribution < -0.4 is 0 Å². The molecule has 0 fully saturated rings. The van der Waals surface area contributed by atoms with Gasteiger partial charge in [-0.05, 0) is 24.2 Å². The summed E-state index contributed by atoms with van der Waals surface area (Å²) >= 11 is 0. The molecule has 0 aromatic heterocycles. The Balaban J connectivity index is 2.70. The molecule has 68 valence electrons. The zero-order valence-electron chi connectivity index (χ0n) is 8.72. The number of allylic oxidation sites excluding steroid dienone is 4. The first-order chi connectivity index (χ1) is 5.54. The van der Waals surface area contributed by atoms with Crippen LogP contribution in [-0.2, 0) is 0 Å². The van der Waals surface area contributed by atoms with Crippen molar-refractivity contribution in [3.8, 4) is 0 Å². The average Bonchev–Trinajstić information content (AvgIpc) is 2.03. The van der Waals surface area contributed by atoms with Crippen LogP contribution >= 0.6 is 0 Å². The van der Waals surface area contributed by atoms with Crippen LogP contribution in [0.3, 0.4) is 0 Å². The standard InChI is InChI=1S/C12H20/c1-5-10-7-6-8-11(9-10)12(2,3)4/h6-8,10H,5,9H2,1-4H3. The Kier molecular flexibility index (Phi) is 2.76. The van der Waals surface area contributed by atoms with Gasteiger partial charge in [0.2, 0.25) is 0 Å². The molecule has 0 aliphatic heterocycles. The van der Waals surface area contributed by atoms with Crippen molar-refractivity contribution in [2.24, 2.45) is 11.3 Å². The Labute approximate surface area is 76.4 Å². The van der Waals surface area contributed by atoms with Crippen LogP contribution in [0.1, 0.15) is 40.5 Å². The predicted octanol–water partition coefficient (Wildman–Crippen LogP) is 3.95. The summed E-state index contributed by atoms with van der Waals surface area (Å²) < 4.78 is 0. The summed E-state index contributed by atoms with van der Waals surface area (Å²) in [6.45, 7) is 9.15. The van der Waals surface area contributed by atoms with Gasteiger partial charge in [-0.2, -0.15) is 0 Å². The molecule has 0 bridgehead atoms. The van der Waals surface area contributed by atoms with Gasteiger partial charge in [0.1, 0.15) is 0 Å². The minimum Gasteiger partial charge on any atom is -0.0811 e. The summed E-state index contributed by atoms with van der Waals surface area (Å²) in [5, 5.41) is 0. The summed E-state index contributed by atoms with van der Waals surface area (Å²) in [5.41, 5.74) is 1.95. The molecular formula is C12H20. The summed E-state index contributed by atoms with van der Waals surface area (Å²) in [7, 11) is 0. The van der Waals surface area contributed by atoms with Crippen molar-refractivity contribution in [2.75, 3.05) is 0 Å². The summed E-state index contributed by atoms with van der Waals surface area (Å²) in [6.07, 6.45) is 9.36. The van der Waals surface area contributed by atoms with Gasteiger partial charge in [-0.3, -0.25) is 0 Å². The van der Waals surface area contributed by atoms with Crippen LogP contribution in [0, 0.1) is 11.3 Å². The van der Waals surface area contributed by atoms with Crippen LogP contribution in [0.5, 0.6) is 0 Å². The second-order valence-corrected chi connectivity index (χ2v) is 4.70. The molecule has 0 saturated carbocycles. The minimum absolute atomic E-state index is 0.359. The monoisotopic (exact) mass is 164 g/mol. The quantitative estimate of drug-likeness (QED) is 0.550. The molecule has 1 aliphatic carbocycles. The van der Waals surface area contributed by atoms with Gasteiger partial charge in [0, 0.05) is 0 Å². The van der Waals surface area contributed by atoms with E-state index in [0.29, 0.717) is 5.41 Å². The van der Waals surface area contributed by atoms with Crippen molar-refractivity contribution in [1.29, 1.82) is 0 Å². The third-order valence-corrected chi connectivity index (χ3v) is 2.65. The van der Waals surface area contributed by atoms with Gasteiger partial charge in [-0.1, -0.05) is 51.5 Å². The topological polar surface area (TPSA) is 0 Å². The minimum atomic E-state index is 0.359. The highest BCUT2D eigenvalue weighted by molar-refractivity contribution is 5.23. The fraction of sp³-hybridized carbons (Fsp3) is 0.667. The van der Waals surface area contributed by atoms with Crippen molar-refractivity contribution in [3.05, 3.63) is 23.8 Å². The SMILES string of the molecule is CCC1C=CC=C(C(C)(C)C)C1. The van der Waals surface area contributed by atoms with Gasteiger partial charge in [0.05, 0.1) is 0 Å². The molecule has 0 nitrogen and oxygen atoms in total. The Morgan fingerprint density at radius 2 is 2.08 bits per heavy atom. The molecule has 0 spiro atoms. The van der Waals surface area contributed by atoms with E-state index in [-0.39, 0.29) is 0 Å². The lowest BCUT2D eigenvalue weighted by Crippen LogP contribution is -2.14. The van der Waals surface area contributed by atoms with Gasteiger partial charge in [0.25, 0.3) is 0 Å². The molecule has 0 saturated heterocycles. The second kappa shape index (κ2) is 3.47. The maximum atomic E-state index is 2.33. The van der Waals surface area contributed by atoms with Crippen molar-refractivity contribution in [2.45, 2.75) is 40.5 Å². The van der Waals surface area contributed by atoms with E-state index in [9.17, 15) is 0 Å². The highest BCUT2D eigenvalue weighted by atomic mass is 14.2. The Bertz CT molecular complexity index is 201. The van der Waals surface area contributed by atoms with Crippen LogP contribution in [0.2, 0.25) is 0 Å². The first-order valence-corrected chi connectivity index (χ1v) is 4.92. The maximum Gasteiger partial charge on any atom is -0.0170 e. The molecule has 0 radical (unpaired) electrons. The molecular weight excluding hydrogens is 144 g/mol. The van der Waals surface area contributed by atoms with Crippen molar-refractivity contribution in [1.82, 2.24) is 0 Å². The van der Waals surface area contributed by atoms with Crippen molar-refractivity contribution in [3.63, 3.8) is 0 Å². The molecule has 1 aliphatic rings. The summed E-state index contributed by atoms with van der Waals surface area (Å²) in [6, 6.07) is 0. The lowest BCUT2D eigenvalue weighted by atomic mass is 9.78. The Hall–Kier alpha value is -0.520. The van der Waals surface area contributed by atoms with Gasteiger partial charge < -0.3 is 0 Å². The van der Waals surface area contributed by atoms with E-state index in [1.807, 2.05) is 0 Å². The lowest BCUT2D eigenvalue weighted by Gasteiger charge is -2.27. The van der Waals surface area contributed by atoms with Gasteiger partial charge >= 0.3 is 0 Å². The smallest absolute Gasteiger partial charge is 0.0170 e. The van der Waals surface area contributed by atoms with E-state index >= 15 is 0 Å². The number of hydrogen-bond acceptors (Lipinski definition) is 0. The Morgan fingerprint density at radius 3 is 2.58 bits per heavy atom. The highest BCUT2D eigenvalue weighted by Crippen LogP contribution is 2.34. The first kappa shape index (κ1) is 9.57. The van der Waals surface area contributed by atoms with Crippen LogP contribution in [-0.4, -0.2) is 0 Å². The normalized spacial score (nSPS) is 24.0. The largest absolute Gasteiger partial charge is 0.0811 e. The van der Waals surface area contributed by atoms with Crippen molar-refractivity contribution >= 4 is 0 Å². The summed E-state index contributed by atoms with van der Waals surface area (Å²) in [5.74, 6) is 0.782. The van der Waals surface area contributed by atoms with E-state index in [2.05, 4.69) is 45.9 Å². The third-order valence-electron chi connectivity index (χ3n) is 2.65. The highest BCUT2D eigenvalue weighted by Gasteiger charge is 2.20. The second-order valence-electron chi connectivity index (χ2n) is 4.70. The predicted molar refractivity (Wildman–Crippen MR) is 55.1 cm³/mol.